The molecular formula is C14H20FNO. The number of halogens is 1. The van der Waals surface area contributed by atoms with Crippen molar-refractivity contribution in [3.8, 4) is 5.75 Å². The van der Waals surface area contributed by atoms with E-state index in [2.05, 4.69) is 5.32 Å². The van der Waals surface area contributed by atoms with Gasteiger partial charge in [0.25, 0.3) is 0 Å². The maximum absolute atomic E-state index is 13.5. The Bertz CT molecular complexity index is 386. The molecule has 2 rings (SSSR count). The molecule has 1 saturated heterocycles. The molecule has 0 spiro atoms. The molecule has 3 heteroatoms. The lowest BCUT2D eigenvalue weighted by Gasteiger charge is -2.23. The summed E-state index contributed by atoms with van der Waals surface area (Å²) < 4.78 is 13.5. The Labute approximate surface area is 102 Å². The van der Waals surface area contributed by atoms with Gasteiger partial charge in [-0.25, -0.2) is 4.39 Å². The maximum Gasteiger partial charge on any atom is 0.165 e. The van der Waals surface area contributed by atoms with Crippen LogP contribution in [0.1, 0.15) is 30.9 Å². The first-order chi connectivity index (χ1) is 8.20. The third-order valence-corrected chi connectivity index (χ3v) is 3.58. The van der Waals surface area contributed by atoms with Crippen molar-refractivity contribution in [2.24, 2.45) is 5.92 Å². The van der Waals surface area contributed by atoms with Crippen LogP contribution in [0.5, 0.6) is 5.75 Å². The van der Waals surface area contributed by atoms with Gasteiger partial charge in [-0.1, -0.05) is 13.0 Å². The lowest BCUT2D eigenvalue weighted by Crippen LogP contribution is -2.28. The Morgan fingerprint density at radius 2 is 2.06 bits per heavy atom. The molecule has 1 fully saturated rings. The fourth-order valence-electron chi connectivity index (χ4n) is 2.47. The van der Waals surface area contributed by atoms with Crippen molar-refractivity contribution in [3.63, 3.8) is 0 Å². The van der Waals surface area contributed by atoms with Crippen LogP contribution in [0.15, 0.2) is 12.1 Å². The molecular weight excluding hydrogens is 217 g/mol. The molecule has 2 nitrogen and oxygen atoms in total. The van der Waals surface area contributed by atoms with Crippen LogP contribution in [-0.4, -0.2) is 18.2 Å². The second kappa shape index (κ2) is 5.50. The lowest BCUT2D eigenvalue weighted by molar-refractivity contribution is 0.362. The first-order valence-corrected chi connectivity index (χ1v) is 6.41. The highest BCUT2D eigenvalue weighted by atomic mass is 19.1. The zero-order valence-electron chi connectivity index (χ0n) is 10.3. The largest absolute Gasteiger partial charge is 0.505 e. The van der Waals surface area contributed by atoms with E-state index in [4.69, 9.17) is 0 Å². The van der Waals surface area contributed by atoms with Crippen molar-refractivity contribution in [1.82, 2.24) is 5.32 Å². The number of aromatic hydroxyl groups is 1. The van der Waals surface area contributed by atoms with E-state index in [1.54, 1.807) is 0 Å². The third kappa shape index (κ3) is 2.97. The summed E-state index contributed by atoms with van der Waals surface area (Å²) in [6, 6.07) is 3.38. The van der Waals surface area contributed by atoms with Crippen LogP contribution in [0.3, 0.4) is 0 Å². The van der Waals surface area contributed by atoms with Crippen LogP contribution >= 0.6 is 0 Å². The molecule has 1 heterocycles. The van der Waals surface area contributed by atoms with E-state index in [0.29, 0.717) is 5.92 Å². The first kappa shape index (κ1) is 12.4. The highest BCUT2D eigenvalue weighted by Gasteiger charge is 2.17. The minimum absolute atomic E-state index is 0.152. The fraction of sp³-hybridized carbons (Fsp3) is 0.571. The molecule has 1 aromatic carbocycles. The van der Waals surface area contributed by atoms with E-state index in [-0.39, 0.29) is 5.75 Å². The molecule has 0 radical (unpaired) electrons. The predicted molar refractivity (Wildman–Crippen MR) is 66.7 cm³/mol. The lowest BCUT2D eigenvalue weighted by atomic mass is 9.90. The van der Waals surface area contributed by atoms with Crippen molar-refractivity contribution < 1.29 is 9.50 Å². The van der Waals surface area contributed by atoms with E-state index in [1.807, 2.05) is 13.0 Å². The van der Waals surface area contributed by atoms with Crippen LogP contribution in [-0.2, 0) is 12.8 Å². The summed E-state index contributed by atoms with van der Waals surface area (Å²) in [4.78, 5) is 0. The number of phenols is 1. The summed E-state index contributed by atoms with van der Waals surface area (Å²) in [5, 5.41) is 13.1. The monoisotopic (exact) mass is 237 g/mol. The third-order valence-electron chi connectivity index (χ3n) is 3.58. The maximum atomic E-state index is 13.5. The summed E-state index contributed by atoms with van der Waals surface area (Å²) in [6.45, 7) is 4.06. The van der Waals surface area contributed by atoms with E-state index >= 15 is 0 Å². The Kier molecular flexibility index (Phi) is 4.00. The van der Waals surface area contributed by atoms with Crippen molar-refractivity contribution in [3.05, 3.63) is 29.1 Å². The average molecular weight is 237 g/mol. The number of nitrogens with one attached hydrogen (secondary N) is 1. The zero-order chi connectivity index (χ0) is 12.3. The number of benzene rings is 1. The number of aryl methyl sites for hydroxylation is 1. The first-order valence-electron chi connectivity index (χ1n) is 6.41. The van der Waals surface area contributed by atoms with Gasteiger partial charge in [0.1, 0.15) is 0 Å². The molecule has 0 bridgehead atoms. The molecule has 0 saturated carbocycles. The highest BCUT2D eigenvalue weighted by molar-refractivity contribution is 5.38. The van der Waals surface area contributed by atoms with Gasteiger partial charge in [0, 0.05) is 0 Å². The van der Waals surface area contributed by atoms with Crippen LogP contribution in [0.2, 0.25) is 0 Å². The predicted octanol–water partition coefficient (Wildman–Crippen LogP) is 2.64. The van der Waals surface area contributed by atoms with Gasteiger partial charge in [-0.15, -0.1) is 0 Å². The van der Waals surface area contributed by atoms with Crippen LogP contribution in [0, 0.1) is 11.7 Å². The number of piperidine rings is 1. The van der Waals surface area contributed by atoms with Crippen LogP contribution in [0.25, 0.3) is 0 Å². The van der Waals surface area contributed by atoms with Gasteiger partial charge in [0.2, 0.25) is 0 Å². The zero-order valence-corrected chi connectivity index (χ0v) is 10.3. The van der Waals surface area contributed by atoms with Gasteiger partial charge >= 0.3 is 0 Å². The molecule has 0 aromatic heterocycles. The second-order valence-electron chi connectivity index (χ2n) is 4.84. The Morgan fingerprint density at radius 3 is 2.71 bits per heavy atom. The molecule has 0 aliphatic carbocycles. The molecule has 0 amide bonds. The van der Waals surface area contributed by atoms with E-state index in [0.717, 1.165) is 49.9 Å². The van der Waals surface area contributed by atoms with Crippen molar-refractivity contribution in [2.75, 3.05) is 13.1 Å². The Morgan fingerprint density at radius 1 is 1.35 bits per heavy atom. The minimum atomic E-state index is -0.478. The molecule has 0 atom stereocenters. The number of phenolic OH excluding ortho intramolecular Hbond substituents is 1. The topological polar surface area (TPSA) is 32.3 Å². The van der Waals surface area contributed by atoms with E-state index in [1.165, 1.54) is 6.07 Å². The molecule has 1 aliphatic heterocycles. The minimum Gasteiger partial charge on any atom is -0.505 e. The highest BCUT2D eigenvalue weighted by Crippen LogP contribution is 2.28. The normalized spacial score (nSPS) is 17.3. The molecule has 1 aromatic rings. The Hall–Kier alpha value is -1.09. The van der Waals surface area contributed by atoms with Gasteiger partial charge in [-0.05, 0) is 61.9 Å². The smallest absolute Gasteiger partial charge is 0.165 e. The fourth-order valence-corrected chi connectivity index (χ4v) is 2.47. The van der Waals surface area contributed by atoms with E-state index in [9.17, 15) is 9.50 Å². The molecule has 94 valence electrons. The number of rotatable bonds is 3. The summed E-state index contributed by atoms with van der Waals surface area (Å²) in [5.74, 6) is -0.0670. The molecule has 0 unspecified atom stereocenters. The van der Waals surface area contributed by atoms with Crippen molar-refractivity contribution in [2.45, 2.75) is 32.6 Å². The average Bonchev–Trinajstić information content (AvgIpc) is 2.36. The van der Waals surface area contributed by atoms with Crippen molar-refractivity contribution in [1.29, 1.82) is 0 Å². The molecule has 17 heavy (non-hydrogen) atoms. The Balaban J connectivity index is 2.15. The SMILES string of the molecule is CCc1cc(F)c(O)c(CC2CCNCC2)c1. The summed E-state index contributed by atoms with van der Waals surface area (Å²) in [6.07, 6.45) is 3.81. The van der Waals surface area contributed by atoms with Gasteiger partial charge in [-0.3, -0.25) is 0 Å². The van der Waals surface area contributed by atoms with Gasteiger partial charge in [0.15, 0.2) is 11.6 Å². The summed E-state index contributed by atoms with van der Waals surface area (Å²) >= 11 is 0. The summed E-state index contributed by atoms with van der Waals surface area (Å²) in [5.41, 5.74) is 1.73. The van der Waals surface area contributed by atoms with Gasteiger partial charge < -0.3 is 10.4 Å². The summed E-state index contributed by atoms with van der Waals surface area (Å²) in [7, 11) is 0. The van der Waals surface area contributed by atoms with Crippen LogP contribution < -0.4 is 5.32 Å². The molecule has 2 N–H and O–H groups in total. The standard InChI is InChI=1S/C14H20FNO/c1-2-10-7-12(14(17)13(15)9-10)8-11-3-5-16-6-4-11/h7,9,11,16-17H,2-6,8H2,1H3. The van der Waals surface area contributed by atoms with Gasteiger partial charge in [-0.2, -0.15) is 0 Å². The molecule has 1 aliphatic rings. The van der Waals surface area contributed by atoms with Crippen molar-refractivity contribution >= 4 is 0 Å². The van der Waals surface area contributed by atoms with E-state index < -0.39 is 5.82 Å². The number of hydrogen-bond acceptors (Lipinski definition) is 2. The van der Waals surface area contributed by atoms with Gasteiger partial charge in [0.05, 0.1) is 0 Å². The quantitative estimate of drug-likeness (QED) is 0.847. The van der Waals surface area contributed by atoms with Crippen LogP contribution in [0.4, 0.5) is 4.39 Å². The second-order valence-corrected chi connectivity index (χ2v) is 4.84. The number of hydrogen-bond donors (Lipinski definition) is 2.